The van der Waals surface area contributed by atoms with Crippen molar-refractivity contribution in [3.8, 4) is 0 Å². The molecule has 4 rings (SSSR count). The lowest BCUT2D eigenvalue weighted by molar-refractivity contribution is -0.137. The van der Waals surface area contributed by atoms with Crippen LogP contribution in [0.5, 0.6) is 0 Å². The zero-order valence-electron chi connectivity index (χ0n) is 20.4. The normalized spacial score (nSPS) is 25.6. The summed E-state index contributed by atoms with van der Waals surface area (Å²) in [6.07, 6.45) is 10.3. The van der Waals surface area contributed by atoms with E-state index in [1.807, 2.05) is 6.08 Å². The highest BCUT2D eigenvalue weighted by Crippen LogP contribution is 2.34. The summed E-state index contributed by atoms with van der Waals surface area (Å²) in [5.74, 6) is 0. The molecule has 0 aromatic heterocycles. The van der Waals surface area contributed by atoms with Gasteiger partial charge in [-0.05, 0) is 82.8 Å². The molecule has 0 saturated carbocycles. The molecule has 1 unspecified atom stereocenters. The zero-order valence-corrected chi connectivity index (χ0v) is 20.4. The molecule has 2 aliphatic heterocycles. The van der Waals surface area contributed by atoms with Gasteiger partial charge in [0.1, 0.15) is 0 Å². The number of allylic oxidation sites excluding steroid dienone is 3. The lowest BCUT2D eigenvalue weighted by atomic mass is 9.85. The molecule has 3 aliphatic rings. The van der Waals surface area contributed by atoms with Crippen LogP contribution in [0.4, 0.5) is 13.2 Å². The molecule has 0 N–H and O–H groups in total. The third-order valence-electron chi connectivity index (χ3n) is 7.33. The number of rotatable bonds is 4. The maximum absolute atomic E-state index is 13.3. The third-order valence-corrected chi connectivity index (χ3v) is 7.33. The molecule has 0 bridgehead atoms. The fraction of sp³-hybridized carbons (Fsp3) is 0.536. The molecule has 1 saturated heterocycles. The van der Waals surface area contributed by atoms with Gasteiger partial charge in [0.05, 0.1) is 11.3 Å². The Hall–Kier alpha value is -2.18. The minimum atomic E-state index is -4.36. The molecule has 1 aromatic rings. The van der Waals surface area contributed by atoms with Crippen molar-refractivity contribution in [3.63, 3.8) is 0 Å². The van der Waals surface area contributed by atoms with Gasteiger partial charge in [0, 0.05) is 29.9 Å². The number of benzene rings is 1. The second kappa shape index (κ2) is 10.6. The van der Waals surface area contributed by atoms with Crippen LogP contribution < -0.4 is 0 Å². The average Bonchev–Trinajstić information content (AvgIpc) is 3.05. The summed E-state index contributed by atoms with van der Waals surface area (Å²) in [4.78, 5) is 10.1. The van der Waals surface area contributed by atoms with E-state index in [0.717, 1.165) is 69.2 Å². The second-order valence-corrected chi connectivity index (χ2v) is 9.81. The molecular weight excluding hydrogens is 435 g/mol. The van der Waals surface area contributed by atoms with E-state index in [-0.39, 0.29) is 5.54 Å². The van der Waals surface area contributed by atoms with Crippen molar-refractivity contribution in [1.29, 1.82) is 0 Å². The first-order valence-corrected chi connectivity index (χ1v) is 12.6. The topological polar surface area (TPSA) is 18.8 Å². The van der Waals surface area contributed by atoms with E-state index in [1.54, 1.807) is 6.07 Å². The highest BCUT2D eigenvalue weighted by molar-refractivity contribution is 6.05. The van der Waals surface area contributed by atoms with Crippen LogP contribution in [0, 0.1) is 0 Å². The highest BCUT2D eigenvalue weighted by Gasteiger charge is 2.33. The first-order chi connectivity index (χ1) is 16.3. The van der Waals surface area contributed by atoms with E-state index >= 15 is 0 Å². The van der Waals surface area contributed by atoms with Gasteiger partial charge in [-0.15, -0.1) is 0 Å². The molecule has 34 heavy (non-hydrogen) atoms. The van der Waals surface area contributed by atoms with Crippen LogP contribution in [0.3, 0.4) is 0 Å². The molecule has 0 spiro atoms. The fourth-order valence-electron chi connectivity index (χ4n) is 5.22. The molecule has 0 amide bonds. The molecule has 1 aromatic carbocycles. The van der Waals surface area contributed by atoms with Crippen LogP contribution in [0.15, 0.2) is 59.1 Å². The standard InChI is InChI=1S/C28H36F3N3/c1-3-33-16-6-7-17-34(19-18-33)27(2)15-9-11-23(21-27)26-14-5-4-13-25(32-26)22-10-8-12-24(20-22)28(29,30)31/h8-13,20-21H,3-7,14-19H2,1-2H3. The molecule has 1 aliphatic carbocycles. The Kier molecular flexibility index (Phi) is 7.78. The fourth-order valence-corrected chi connectivity index (χ4v) is 5.22. The van der Waals surface area contributed by atoms with E-state index in [2.05, 4.69) is 41.9 Å². The van der Waals surface area contributed by atoms with Crippen molar-refractivity contribution in [2.24, 2.45) is 4.99 Å². The highest BCUT2D eigenvalue weighted by atomic mass is 19.4. The number of alkyl halides is 3. The van der Waals surface area contributed by atoms with E-state index in [0.29, 0.717) is 11.3 Å². The Morgan fingerprint density at radius 1 is 1.06 bits per heavy atom. The summed E-state index contributed by atoms with van der Waals surface area (Å²) in [5.41, 5.74) is 2.56. The molecule has 3 nitrogen and oxygen atoms in total. The van der Waals surface area contributed by atoms with Gasteiger partial charge in [0.25, 0.3) is 0 Å². The van der Waals surface area contributed by atoms with Crippen LogP contribution >= 0.6 is 0 Å². The van der Waals surface area contributed by atoms with Crippen LogP contribution in [-0.2, 0) is 6.18 Å². The predicted octanol–water partition coefficient (Wildman–Crippen LogP) is 6.73. The lowest BCUT2D eigenvalue weighted by Crippen LogP contribution is -2.50. The van der Waals surface area contributed by atoms with Gasteiger partial charge in [-0.25, -0.2) is 0 Å². The van der Waals surface area contributed by atoms with Crippen molar-refractivity contribution >= 4 is 11.4 Å². The smallest absolute Gasteiger partial charge is 0.302 e. The van der Waals surface area contributed by atoms with Gasteiger partial charge in [-0.2, -0.15) is 13.2 Å². The third kappa shape index (κ3) is 5.89. The van der Waals surface area contributed by atoms with Crippen molar-refractivity contribution in [2.45, 2.75) is 64.1 Å². The van der Waals surface area contributed by atoms with Gasteiger partial charge in [-0.1, -0.05) is 43.4 Å². The Bertz CT molecular complexity index is 989. The maximum Gasteiger partial charge on any atom is 0.416 e. The molecular formula is C28H36F3N3. The van der Waals surface area contributed by atoms with Gasteiger partial charge < -0.3 is 4.90 Å². The number of hydrogen-bond acceptors (Lipinski definition) is 3. The molecule has 6 heteroatoms. The zero-order chi connectivity index (χ0) is 24.2. The second-order valence-electron chi connectivity index (χ2n) is 9.81. The Morgan fingerprint density at radius 2 is 1.88 bits per heavy atom. The summed E-state index contributed by atoms with van der Waals surface area (Å²) >= 11 is 0. The minimum absolute atomic E-state index is 0.0737. The average molecular weight is 472 g/mol. The Balaban J connectivity index is 1.60. The van der Waals surface area contributed by atoms with Gasteiger partial charge in [0.15, 0.2) is 0 Å². The van der Waals surface area contributed by atoms with E-state index in [4.69, 9.17) is 4.99 Å². The van der Waals surface area contributed by atoms with E-state index in [9.17, 15) is 13.2 Å². The number of aliphatic imine (C=N–C) groups is 1. The van der Waals surface area contributed by atoms with Crippen molar-refractivity contribution in [1.82, 2.24) is 9.80 Å². The van der Waals surface area contributed by atoms with Gasteiger partial charge in [0.2, 0.25) is 0 Å². The Labute approximate surface area is 201 Å². The van der Waals surface area contributed by atoms with Crippen LogP contribution in [0.25, 0.3) is 5.70 Å². The van der Waals surface area contributed by atoms with Crippen LogP contribution in [0.1, 0.15) is 63.5 Å². The van der Waals surface area contributed by atoms with Crippen molar-refractivity contribution in [2.75, 3.05) is 32.7 Å². The predicted molar refractivity (Wildman–Crippen MR) is 134 cm³/mol. The number of hydrogen-bond donors (Lipinski definition) is 0. The van der Waals surface area contributed by atoms with Crippen LogP contribution in [0.2, 0.25) is 0 Å². The largest absolute Gasteiger partial charge is 0.416 e. The number of halogens is 3. The monoisotopic (exact) mass is 471 g/mol. The first kappa shape index (κ1) is 24.9. The summed E-state index contributed by atoms with van der Waals surface area (Å²) < 4.78 is 39.8. The van der Waals surface area contributed by atoms with E-state index < -0.39 is 11.7 Å². The SMILES string of the molecule is CCN1CCCCN(C2(C)C=C(C3=NC(c4cccc(C(F)(F)F)c4)=CCCC3)C=CC2)CC1. The number of nitrogens with zero attached hydrogens (tertiary/aromatic N) is 3. The molecule has 0 radical (unpaired) electrons. The summed E-state index contributed by atoms with van der Waals surface area (Å²) in [6.45, 7) is 10.0. The molecule has 2 heterocycles. The van der Waals surface area contributed by atoms with E-state index in [1.165, 1.54) is 31.5 Å². The molecule has 184 valence electrons. The minimum Gasteiger partial charge on any atom is -0.302 e. The molecule has 1 fully saturated rings. The summed E-state index contributed by atoms with van der Waals surface area (Å²) in [6, 6.07) is 5.53. The van der Waals surface area contributed by atoms with Gasteiger partial charge in [-0.3, -0.25) is 9.89 Å². The van der Waals surface area contributed by atoms with Gasteiger partial charge >= 0.3 is 6.18 Å². The number of likely N-dealkylation sites (N-methyl/N-ethyl adjacent to an activating group) is 1. The maximum atomic E-state index is 13.3. The summed E-state index contributed by atoms with van der Waals surface area (Å²) in [5, 5.41) is 0. The van der Waals surface area contributed by atoms with Crippen LogP contribution in [-0.4, -0.2) is 53.8 Å². The Morgan fingerprint density at radius 3 is 2.68 bits per heavy atom. The van der Waals surface area contributed by atoms with Crippen molar-refractivity contribution in [3.05, 3.63) is 65.3 Å². The quantitative estimate of drug-likeness (QED) is 0.485. The summed E-state index contributed by atoms with van der Waals surface area (Å²) in [7, 11) is 0. The lowest BCUT2D eigenvalue weighted by Gasteiger charge is -2.43. The molecule has 1 atom stereocenters. The van der Waals surface area contributed by atoms with Crippen molar-refractivity contribution < 1.29 is 13.2 Å². The first-order valence-electron chi connectivity index (χ1n) is 12.6.